The Balaban J connectivity index is 0.000000500. The van der Waals surface area contributed by atoms with Crippen LogP contribution in [0, 0.1) is 0 Å². The van der Waals surface area contributed by atoms with Crippen LogP contribution in [0.1, 0.15) is 26.2 Å². The van der Waals surface area contributed by atoms with Gasteiger partial charge in [0.15, 0.2) is 5.90 Å². The van der Waals surface area contributed by atoms with Crippen LogP contribution in [-0.2, 0) is 4.74 Å². The summed E-state index contributed by atoms with van der Waals surface area (Å²) in [5.74, 6) is 0.893. The third kappa shape index (κ3) is 1.12. The van der Waals surface area contributed by atoms with Gasteiger partial charge in [0.1, 0.15) is 6.10 Å². The molecule has 58 valence electrons. The van der Waals surface area contributed by atoms with Crippen LogP contribution >= 0.6 is 12.4 Å². The lowest BCUT2D eigenvalue weighted by atomic mass is 10.2. The van der Waals surface area contributed by atoms with Crippen LogP contribution < -0.4 is 0 Å². The number of hydrogen-bond acceptors (Lipinski definition) is 2. The first kappa shape index (κ1) is 7.86. The van der Waals surface area contributed by atoms with Crippen LogP contribution in [0.2, 0.25) is 0 Å². The van der Waals surface area contributed by atoms with Crippen LogP contribution in [0.5, 0.6) is 0 Å². The van der Waals surface area contributed by atoms with E-state index in [4.69, 9.17) is 4.74 Å². The van der Waals surface area contributed by atoms with E-state index in [0.717, 1.165) is 5.90 Å². The van der Waals surface area contributed by atoms with Gasteiger partial charge in [-0.25, -0.2) is 4.99 Å². The fourth-order valence-electron chi connectivity index (χ4n) is 1.67. The first-order chi connectivity index (χ1) is 4.36. The fraction of sp³-hybridized carbons (Fsp3) is 0.857. The van der Waals surface area contributed by atoms with Crippen LogP contribution in [0.4, 0.5) is 0 Å². The number of ether oxygens (including phenoxy) is 1. The molecule has 1 aliphatic carbocycles. The highest BCUT2D eigenvalue weighted by molar-refractivity contribution is 5.85. The maximum absolute atomic E-state index is 5.44. The largest absolute Gasteiger partial charge is 0.476 e. The van der Waals surface area contributed by atoms with Crippen molar-refractivity contribution in [2.75, 3.05) is 0 Å². The van der Waals surface area contributed by atoms with Gasteiger partial charge < -0.3 is 4.74 Å². The third-order valence-corrected chi connectivity index (χ3v) is 2.09. The fourth-order valence-corrected chi connectivity index (χ4v) is 1.67. The molecule has 0 unspecified atom stereocenters. The molecule has 0 aromatic rings. The molecule has 1 fully saturated rings. The van der Waals surface area contributed by atoms with E-state index >= 15 is 0 Å². The molecule has 0 amide bonds. The van der Waals surface area contributed by atoms with Crippen molar-refractivity contribution in [1.29, 1.82) is 0 Å². The van der Waals surface area contributed by atoms with Crippen LogP contribution in [0.15, 0.2) is 4.99 Å². The highest BCUT2D eigenvalue weighted by atomic mass is 35.5. The van der Waals surface area contributed by atoms with Gasteiger partial charge in [-0.2, -0.15) is 0 Å². The summed E-state index contributed by atoms with van der Waals surface area (Å²) in [5.41, 5.74) is 0. The van der Waals surface area contributed by atoms with E-state index in [1.54, 1.807) is 0 Å². The predicted molar refractivity (Wildman–Crippen MR) is 42.9 cm³/mol. The zero-order chi connectivity index (χ0) is 6.27. The number of rotatable bonds is 0. The third-order valence-electron chi connectivity index (χ3n) is 2.09. The van der Waals surface area contributed by atoms with Crippen molar-refractivity contribution in [3.05, 3.63) is 0 Å². The molecule has 0 saturated heterocycles. The second kappa shape index (κ2) is 2.79. The molecule has 0 N–H and O–H groups in total. The van der Waals surface area contributed by atoms with E-state index in [1.165, 1.54) is 19.3 Å². The van der Waals surface area contributed by atoms with Crippen molar-refractivity contribution in [1.82, 2.24) is 0 Å². The Morgan fingerprint density at radius 1 is 1.50 bits per heavy atom. The van der Waals surface area contributed by atoms with Gasteiger partial charge in [0.05, 0.1) is 6.04 Å². The minimum absolute atomic E-state index is 0. The summed E-state index contributed by atoms with van der Waals surface area (Å²) >= 11 is 0. The minimum atomic E-state index is 0. The molecule has 1 heterocycles. The predicted octanol–water partition coefficient (Wildman–Crippen LogP) is 1.78. The number of nitrogens with zero attached hydrogens (tertiary/aromatic N) is 1. The lowest BCUT2D eigenvalue weighted by Gasteiger charge is -2.05. The van der Waals surface area contributed by atoms with E-state index in [0.29, 0.717) is 12.1 Å². The Bertz CT molecular complexity index is 158. The van der Waals surface area contributed by atoms with Gasteiger partial charge in [-0.15, -0.1) is 12.4 Å². The normalized spacial score (nSPS) is 35.9. The smallest absolute Gasteiger partial charge is 0.180 e. The molecule has 0 spiro atoms. The van der Waals surface area contributed by atoms with Crippen molar-refractivity contribution in [2.45, 2.75) is 38.3 Å². The van der Waals surface area contributed by atoms with Gasteiger partial charge in [-0.05, 0) is 19.3 Å². The van der Waals surface area contributed by atoms with Gasteiger partial charge >= 0.3 is 0 Å². The summed E-state index contributed by atoms with van der Waals surface area (Å²) in [4.78, 5) is 4.34. The maximum atomic E-state index is 5.44. The Labute approximate surface area is 67.1 Å². The Hall–Kier alpha value is -0.240. The van der Waals surface area contributed by atoms with Gasteiger partial charge in [0.2, 0.25) is 0 Å². The maximum Gasteiger partial charge on any atom is 0.180 e. The summed E-state index contributed by atoms with van der Waals surface area (Å²) in [7, 11) is 0. The van der Waals surface area contributed by atoms with E-state index < -0.39 is 0 Å². The molecular formula is C7H12ClNO. The van der Waals surface area contributed by atoms with E-state index in [-0.39, 0.29) is 12.4 Å². The van der Waals surface area contributed by atoms with Crippen molar-refractivity contribution in [3.63, 3.8) is 0 Å². The Kier molecular flexibility index (Phi) is 2.19. The van der Waals surface area contributed by atoms with Gasteiger partial charge in [-0.3, -0.25) is 0 Å². The number of aliphatic imine (C=N–C) groups is 1. The van der Waals surface area contributed by atoms with Crippen LogP contribution in [0.3, 0.4) is 0 Å². The summed E-state index contributed by atoms with van der Waals surface area (Å²) in [6.45, 7) is 1.94. The van der Waals surface area contributed by atoms with E-state index in [1.807, 2.05) is 6.92 Å². The average Bonchev–Trinajstić information content (AvgIpc) is 2.22. The molecular weight excluding hydrogens is 150 g/mol. The van der Waals surface area contributed by atoms with Crippen molar-refractivity contribution >= 4 is 18.3 Å². The highest BCUT2D eigenvalue weighted by Gasteiger charge is 2.33. The highest BCUT2D eigenvalue weighted by Crippen LogP contribution is 2.29. The molecule has 2 nitrogen and oxygen atoms in total. The van der Waals surface area contributed by atoms with Gasteiger partial charge in [0.25, 0.3) is 0 Å². The molecule has 2 rings (SSSR count). The molecule has 2 atom stereocenters. The molecule has 0 bridgehead atoms. The van der Waals surface area contributed by atoms with Crippen LogP contribution in [-0.4, -0.2) is 18.0 Å². The zero-order valence-electron chi connectivity index (χ0n) is 6.04. The van der Waals surface area contributed by atoms with Crippen LogP contribution in [0.25, 0.3) is 0 Å². The molecule has 2 aliphatic rings. The number of halogens is 1. The van der Waals surface area contributed by atoms with Gasteiger partial charge in [0, 0.05) is 6.92 Å². The molecule has 1 saturated carbocycles. The first-order valence-corrected chi connectivity index (χ1v) is 3.57. The molecule has 0 aromatic carbocycles. The average molecular weight is 162 g/mol. The van der Waals surface area contributed by atoms with E-state index in [2.05, 4.69) is 4.99 Å². The second-order valence-electron chi connectivity index (χ2n) is 2.80. The molecule has 0 aromatic heterocycles. The summed E-state index contributed by atoms with van der Waals surface area (Å²) in [5, 5.41) is 0. The van der Waals surface area contributed by atoms with E-state index in [9.17, 15) is 0 Å². The SMILES string of the molecule is CC1=N[C@H]2CCC[C@H]2O1.Cl. The minimum Gasteiger partial charge on any atom is -0.476 e. The summed E-state index contributed by atoms with van der Waals surface area (Å²) in [6, 6.07) is 0.519. The zero-order valence-corrected chi connectivity index (χ0v) is 6.86. The summed E-state index contributed by atoms with van der Waals surface area (Å²) < 4.78 is 5.44. The topological polar surface area (TPSA) is 21.6 Å². The Morgan fingerprint density at radius 2 is 2.30 bits per heavy atom. The van der Waals surface area contributed by atoms with Crippen molar-refractivity contribution < 1.29 is 4.74 Å². The summed E-state index contributed by atoms with van der Waals surface area (Å²) in [6.07, 6.45) is 4.20. The van der Waals surface area contributed by atoms with Crippen molar-refractivity contribution in [3.8, 4) is 0 Å². The lowest BCUT2D eigenvalue weighted by molar-refractivity contribution is 0.209. The van der Waals surface area contributed by atoms with Crippen molar-refractivity contribution in [2.24, 2.45) is 4.99 Å². The Morgan fingerprint density at radius 3 is 3.00 bits per heavy atom. The number of fused-ring (bicyclic) bond motifs is 1. The second-order valence-corrected chi connectivity index (χ2v) is 2.80. The molecule has 3 heteroatoms. The molecule has 10 heavy (non-hydrogen) atoms. The quantitative estimate of drug-likeness (QED) is 0.531. The monoisotopic (exact) mass is 161 g/mol. The molecule has 0 radical (unpaired) electrons. The standard InChI is InChI=1S/C7H11NO.ClH/c1-5-8-6-3-2-4-7(6)9-5;/h6-7H,2-4H2,1H3;1H/t6-,7+;/m0./s1. The number of hydrogen-bond donors (Lipinski definition) is 0. The first-order valence-electron chi connectivity index (χ1n) is 3.57. The molecule has 1 aliphatic heterocycles. The van der Waals surface area contributed by atoms with Gasteiger partial charge in [-0.1, -0.05) is 0 Å². The lowest BCUT2D eigenvalue weighted by Crippen LogP contribution is -2.13.